The van der Waals surface area contributed by atoms with Gasteiger partial charge in [0.25, 0.3) is 0 Å². The van der Waals surface area contributed by atoms with Crippen LogP contribution < -0.4 is 0 Å². The van der Waals surface area contributed by atoms with Crippen LogP contribution in [0.25, 0.3) is 10.9 Å². The van der Waals surface area contributed by atoms with Crippen molar-refractivity contribution in [2.45, 2.75) is 31.6 Å². The van der Waals surface area contributed by atoms with Crippen molar-refractivity contribution in [3.8, 4) is 0 Å². The number of rotatable bonds is 1. The molecule has 3 rings (SSSR count). The molecule has 0 atom stereocenters. The van der Waals surface area contributed by atoms with Crippen molar-refractivity contribution in [1.82, 2.24) is 9.78 Å². The van der Waals surface area contributed by atoms with Crippen LogP contribution in [-0.4, -0.2) is 9.78 Å². The van der Waals surface area contributed by atoms with E-state index < -0.39 is 0 Å². The molecule has 1 aliphatic carbocycles. The zero-order valence-electron chi connectivity index (χ0n) is 9.41. The van der Waals surface area contributed by atoms with E-state index in [2.05, 4.69) is 34.1 Å². The first-order valence-corrected chi connectivity index (χ1v) is 6.68. The van der Waals surface area contributed by atoms with Gasteiger partial charge in [-0.3, -0.25) is 4.68 Å². The molecule has 1 aliphatic rings. The second kappa shape index (κ2) is 3.88. The van der Waals surface area contributed by atoms with Crippen molar-refractivity contribution in [2.75, 3.05) is 0 Å². The molecule has 0 N–H and O–H groups in total. The van der Waals surface area contributed by atoms with Gasteiger partial charge in [-0.15, -0.1) is 0 Å². The number of para-hydroxylation sites is 1. The minimum atomic E-state index is 0.679. The quantitative estimate of drug-likeness (QED) is 0.771. The van der Waals surface area contributed by atoms with Crippen molar-refractivity contribution in [1.29, 1.82) is 0 Å². The van der Waals surface area contributed by atoms with Crippen molar-refractivity contribution >= 4 is 26.8 Å². The molecule has 0 saturated heterocycles. The number of halogens is 1. The first kappa shape index (κ1) is 10.3. The van der Waals surface area contributed by atoms with Gasteiger partial charge in [0.05, 0.1) is 11.2 Å². The summed E-state index contributed by atoms with van der Waals surface area (Å²) in [6.07, 6.45) is 5.32. The molecule has 0 bridgehead atoms. The van der Waals surface area contributed by atoms with Gasteiger partial charge in [-0.25, -0.2) is 0 Å². The van der Waals surface area contributed by atoms with Gasteiger partial charge in [0.1, 0.15) is 0 Å². The molecule has 2 aromatic rings. The summed E-state index contributed by atoms with van der Waals surface area (Å²) in [6, 6.07) is 6.38. The van der Waals surface area contributed by atoms with Crippen LogP contribution in [-0.2, 0) is 7.05 Å². The number of nitrogens with zero attached hydrogens (tertiary/aromatic N) is 2. The van der Waals surface area contributed by atoms with Crippen molar-refractivity contribution in [3.63, 3.8) is 0 Å². The Morgan fingerprint density at radius 3 is 2.81 bits per heavy atom. The smallest absolute Gasteiger partial charge is 0.0824 e. The molecule has 2 nitrogen and oxygen atoms in total. The Labute approximate surface area is 104 Å². The largest absolute Gasteiger partial charge is 0.266 e. The average Bonchev–Trinajstić information content (AvgIpc) is 2.86. The number of fused-ring (bicyclic) bond motifs is 1. The van der Waals surface area contributed by atoms with Gasteiger partial charge in [0.15, 0.2) is 0 Å². The zero-order valence-corrected chi connectivity index (χ0v) is 11.0. The summed E-state index contributed by atoms with van der Waals surface area (Å²) in [5, 5.41) is 6.04. The van der Waals surface area contributed by atoms with Crippen molar-refractivity contribution in [3.05, 3.63) is 28.4 Å². The molecule has 84 valence electrons. The van der Waals surface area contributed by atoms with E-state index in [1.165, 1.54) is 42.3 Å². The molecule has 1 aromatic heterocycles. The fourth-order valence-corrected chi connectivity index (χ4v) is 3.44. The molecule has 1 aromatic carbocycles. The number of aryl methyl sites for hydroxylation is 1. The van der Waals surface area contributed by atoms with Gasteiger partial charge >= 0.3 is 0 Å². The Morgan fingerprint density at radius 2 is 2.06 bits per heavy atom. The van der Waals surface area contributed by atoms with Crippen LogP contribution in [0.2, 0.25) is 0 Å². The van der Waals surface area contributed by atoms with E-state index in [0.717, 1.165) is 4.47 Å². The predicted molar refractivity (Wildman–Crippen MR) is 69.6 cm³/mol. The van der Waals surface area contributed by atoms with Crippen LogP contribution in [0.5, 0.6) is 0 Å². The van der Waals surface area contributed by atoms with E-state index in [4.69, 9.17) is 5.10 Å². The van der Waals surface area contributed by atoms with Crippen LogP contribution in [0.4, 0.5) is 0 Å². The lowest BCUT2D eigenvalue weighted by Crippen LogP contribution is -1.96. The van der Waals surface area contributed by atoms with E-state index in [1.807, 2.05) is 11.7 Å². The van der Waals surface area contributed by atoms with Gasteiger partial charge in [0.2, 0.25) is 0 Å². The summed E-state index contributed by atoms with van der Waals surface area (Å²) < 4.78 is 3.15. The van der Waals surface area contributed by atoms with Crippen molar-refractivity contribution < 1.29 is 0 Å². The lowest BCUT2D eigenvalue weighted by molar-refractivity contribution is 0.665. The lowest BCUT2D eigenvalue weighted by atomic mass is 10.0. The molecule has 0 spiro atoms. The fourth-order valence-electron chi connectivity index (χ4n) is 2.82. The monoisotopic (exact) mass is 278 g/mol. The lowest BCUT2D eigenvalue weighted by Gasteiger charge is -2.04. The highest BCUT2D eigenvalue weighted by Crippen LogP contribution is 2.38. The molecule has 1 saturated carbocycles. The summed E-state index contributed by atoms with van der Waals surface area (Å²) in [6.45, 7) is 0. The summed E-state index contributed by atoms with van der Waals surface area (Å²) in [7, 11) is 2.03. The molecule has 3 heteroatoms. The highest BCUT2D eigenvalue weighted by Gasteiger charge is 2.23. The average molecular weight is 279 g/mol. The Kier molecular flexibility index (Phi) is 2.51. The number of aromatic nitrogens is 2. The second-order valence-corrected chi connectivity index (χ2v) is 5.48. The Morgan fingerprint density at radius 1 is 1.31 bits per heavy atom. The molecular formula is C13H15BrN2. The Balaban J connectivity index is 2.22. The van der Waals surface area contributed by atoms with E-state index in [-0.39, 0.29) is 0 Å². The minimum absolute atomic E-state index is 0.679. The highest BCUT2D eigenvalue weighted by atomic mass is 79.9. The third-order valence-corrected chi connectivity index (χ3v) is 4.23. The van der Waals surface area contributed by atoms with E-state index in [0.29, 0.717) is 5.92 Å². The number of benzene rings is 1. The maximum Gasteiger partial charge on any atom is 0.0824 e. The van der Waals surface area contributed by atoms with Gasteiger partial charge in [-0.1, -0.05) is 25.0 Å². The van der Waals surface area contributed by atoms with Crippen LogP contribution >= 0.6 is 15.9 Å². The molecule has 0 unspecified atom stereocenters. The molecule has 1 heterocycles. The van der Waals surface area contributed by atoms with E-state index >= 15 is 0 Å². The number of hydrogen-bond donors (Lipinski definition) is 0. The van der Waals surface area contributed by atoms with Gasteiger partial charge in [-0.05, 0) is 34.8 Å². The predicted octanol–water partition coefficient (Wildman–Crippen LogP) is 3.99. The van der Waals surface area contributed by atoms with Crippen molar-refractivity contribution in [2.24, 2.45) is 7.05 Å². The third kappa shape index (κ3) is 1.49. The van der Waals surface area contributed by atoms with E-state index in [1.54, 1.807) is 0 Å². The van der Waals surface area contributed by atoms with E-state index in [9.17, 15) is 0 Å². The van der Waals surface area contributed by atoms with Crippen LogP contribution in [0.15, 0.2) is 22.7 Å². The first-order chi connectivity index (χ1) is 7.77. The Bertz CT molecular complexity index is 524. The Hall–Kier alpha value is -0.830. The zero-order chi connectivity index (χ0) is 11.1. The standard InChI is InChI=1S/C13H15BrN2/c1-16-13-10(7-4-8-11(13)14)12(15-16)9-5-2-3-6-9/h4,7-9H,2-3,5-6H2,1H3. The molecule has 16 heavy (non-hydrogen) atoms. The van der Waals surface area contributed by atoms with Gasteiger partial charge in [0, 0.05) is 22.8 Å². The molecule has 0 aliphatic heterocycles. The van der Waals surface area contributed by atoms with Crippen LogP contribution in [0, 0.1) is 0 Å². The second-order valence-electron chi connectivity index (χ2n) is 4.63. The maximum atomic E-state index is 4.72. The number of hydrogen-bond acceptors (Lipinski definition) is 1. The summed E-state index contributed by atoms with van der Waals surface area (Å²) in [4.78, 5) is 0. The fraction of sp³-hybridized carbons (Fsp3) is 0.462. The van der Waals surface area contributed by atoms with Gasteiger partial charge in [-0.2, -0.15) is 5.10 Å². The maximum absolute atomic E-state index is 4.72. The van der Waals surface area contributed by atoms with Crippen LogP contribution in [0.3, 0.4) is 0 Å². The summed E-state index contributed by atoms with van der Waals surface area (Å²) >= 11 is 3.61. The molecule has 0 amide bonds. The third-order valence-electron chi connectivity index (χ3n) is 3.59. The molecule has 1 fully saturated rings. The van der Waals surface area contributed by atoms with Gasteiger partial charge < -0.3 is 0 Å². The summed E-state index contributed by atoms with van der Waals surface area (Å²) in [5.41, 5.74) is 2.53. The summed E-state index contributed by atoms with van der Waals surface area (Å²) in [5.74, 6) is 0.679. The highest BCUT2D eigenvalue weighted by molar-refractivity contribution is 9.10. The topological polar surface area (TPSA) is 17.8 Å². The molecular weight excluding hydrogens is 264 g/mol. The normalized spacial score (nSPS) is 17.4. The first-order valence-electron chi connectivity index (χ1n) is 5.88. The van der Waals surface area contributed by atoms with Crippen LogP contribution in [0.1, 0.15) is 37.3 Å². The minimum Gasteiger partial charge on any atom is -0.266 e. The SMILES string of the molecule is Cn1nc(C2CCCC2)c2cccc(Br)c21. The molecule has 0 radical (unpaired) electrons.